The lowest BCUT2D eigenvalue weighted by Crippen LogP contribution is -2.14. The number of thioether (sulfide) groups is 1. The van der Waals surface area contributed by atoms with Crippen LogP contribution in [-0.2, 0) is 0 Å². The molecule has 1 N–H and O–H groups in total. The number of aromatic carboxylic acids is 1. The summed E-state index contributed by atoms with van der Waals surface area (Å²) < 4.78 is 52.3. The summed E-state index contributed by atoms with van der Waals surface area (Å²) in [5.74, 6) is -5.02. The van der Waals surface area contributed by atoms with Crippen molar-refractivity contribution >= 4 is 17.7 Å². The van der Waals surface area contributed by atoms with Gasteiger partial charge in [0.15, 0.2) is 11.6 Å². The van der Waals surface area contributed by atoms with Crippen molar-refractivity contribution in [3.05, 3.63) is 65.2 Å². The molecule has 1 aliphatic rings. The van der Waals surface area contributed by atoms with E-state index < -0.39 is 23.4 Å². The topological polar surface area (TPSA) is 37.3 Å². The van der Waals surface area contributed by atoms with E-state index in [0.29, 0.717) is 17.0 Å². The van der Waals surface area contributed by atoms with Crippen LogP contribution in [-0.4, -0.2) is 16.8 Å². The summed E-state index contributed by atoms with van der Waals surface area (Å²) in [6, 6.07) is 11.0. The summed E-state index contributed by atoms with van der Waals surface area (Å²) in [6.07, 6.45) is 4.85. The first kappa shape index (κ1) is 23.3. The average Bonchev–Trinajstić information content (AvgIpc) is 2.72. The minimum Gasteiger partial charge on any atom is -0.478 e. The zero-order valence-corrected chi connectivity index (χ0v) is 16.9. The third kappa shape index (κ3) is 6.77. The Bertz CT molecular complexity index is 791. The Morgan fingerprint density at radius 1 is 1.03 bits per heavy atom. The summed E-state index contributed by atoms with van der Waals surface area (Å²) in [4.78, 5) is 9.88. The fraction of sp³-hybridized carbons (Fsp3) is 0.409. The Morgan fingerprint density at radius 3 is 2.14 bits per heavy atom. The number of hydrogen-bond acceptors (Lipinski definition) is 2. The van der Waals surface area contributed by atoms with Crippen LogP contribution in [0.1, 0.15) is 60.9 Å². The van der Waals surface area contributed by atoms with Crippen LogP contribution < -0.4 is 0 Å². The van der Waals surface area contributed by atoms with Gasteiger partial charge < -0.3 is 5.11 Å². The summed E-state index contributed by atoms with van der Waals surface area (Å²) in [7, 11) is 0. The Morgan fingerprint density at radius 2 is 1.66 bits per heavy atom. The Kier molecular flexibility index (Phi) is 9.01. The van der Waals surface area contributed by atoms with Crippen molar-refractivity contribution in [2.75, 3.05) is 0 Å². The maximum atomic E-state index is 14.0. The van der Waals surface area contributed by atoms with E-state index in [9.17, 15) is 22.4 Å². The number of rotatable bonds is 5. The highest BCUT2D eigenvalue weighted by molar-refractivity contribution is 7.99. The molecule has 0 unspecified atom stereocenters. The van der Waals surface area contributed by atoms with E-state index in [1.807, 2.05) is 0 Å². The second-order valence-corrected chi connectivity index (χ2v) is 7.99. The maximum Gasteiger partial charge on any atom is 0.335 e. The van der Waals surface area contributed by atoms with Crippen molar-refractivity contribution in [2.24, 2.45) is 5.92 Å². The number of carboxylic acids is 1. The molecule has 0 saturated heterocycles. The van der Waals surface area contributed by atoms with Gasteiger partial charge in [-0.2, -0.15) is 8.78 Å². The lowest BCUT2D eigenvalue weighted by molar-refractivity contribution is 0.0697. The second-order valence-electron chi connectivity index (χ2n) is 6.96. The molecule has 3 rings (SSSR count). The summed E-state index contributed by atoms with van der Waals surface area (Å²) in [5.41, 5.74) is 0.674. The molecule has 1 saturated carbocycles. The number of halogens is 4. The number of benzene rings is 2. The number of carbonyl (C=O) groups is 1. The molecular formula is C22H24F4O2S. The smallest absolute Gasteiger partial charge is 0.335 e. The Hall–Kier alpha value is -2.02. The molecule has 7 heteroatoms. The van der Waals surface area contributed by atoms with E-state index in [1.54, 1.807) is 30.3 Å². The van der Waals surface area contributed by atoms with Gasteiger partial charge >= 0.3 is 5.97 Å². The highest BCUT2D eigenvalue weighted by Gasteiger charge is 2.26. The van der Waals surface area contributed by atoms with E-state index in [4.69, 9.17) is 5.11 Å². The molecule has 0 heterocycles. The van der Waals surface area contributed by atoms with E-state index in [2.05, 4.69) is 6.92 Å². The molecule has 0 aliphatic heterocycles. The van der Waals surface area contributed by atoms with E-state index >= 15 is 0 Å². The lowest BCUT2D eigenvalue weighted by Gasteiger charge is -2.28. The SMILES string of the molecule is CC[C@H]1CC[C@H](c2ccc(SC(F)F)c(F)c2F)CC1.O=C(O)c1ccccc1. The first-order chi connectivity index (χ1) is 13.8. The van der Waals surface area contributed by atoms with Crippen molar-refractivity contribution in [2.45, 2.75) is 55.6 Å². The van der Waals surface area contributed by atoms with Gasteiger partial charge in [0.1, 0.15) is 0 Å². The van der Waals surface area contributed by atoms with Crippen molar-refractivity contribution in [1.29, 1.82) is 0 Å². The number of alkyl halides is 2. The van der Waals surface area contributed by atoms with Crippen molar-refractivity contribution in [3.63, 3.8) is 0 Å². The van der Waals surface area contributed by atoms with Gasteiger partial charge in [-0.3, -0.25) is 0 Å². The largest absolute Gasteiger partial charge is 0.478 e. The zero-order valence-electron chi connectivity index (χ0n) is 16.1. The van der Waals surface area contributed by atoms with Gasteiger partial charge in [-0.1, -0.05) is 49.4 Å². The van der Waals surface area contributed by atoms with Crippen LogP contribution in [0.15, 0.2) is 47.4 Å². The summed E-state index contributed by atoms with van der Waals surface area (Å²) in [6.45, 7) is 2.14. The van der Waals surface area contributed by atoms with Gasteiger partial charge in [-0.15, -0.1) is 0 Å². The van der Waals surface area contributed by atoms with Gasteiger partial charge in [0.2, 0.25) is 0 Å². The van der Waals surface area contributed by atoms with Crippen LogP contribution in [0.2, 0.25) is 0 Å². The van der Waals surface area contributed by atoms with Gasteiger partial charge in [-0.05, 0) is 61.3 Å². The molecule has 0 atom stereocenters. The molecule has 1 aliphatic carbocycles. The Labute approximate surface area is 172 Å². The van der Waals surface area contributed by atoms with Crippen LogP contribution in [0, 0.1) is 17.6 Å². The molecule has 1 fully saturated rings. The summed E-state index contributed by atoms with van der Waals surface area (Å²) in [5, 5.41) is 8.38. The van der Waals surface area contributed by atoms with Gasteiger partial charge in [0.25, 0.3) is 5.76 Å². The van der Waals surface area contributed by atoms with E-state index in [-0.39, 0.29) is 22.6 Å². The molecule has 0 aromatic heterocycles. The molecule has 158 valence electrons. The highest BCUT2D eigenvalue weighted by atomic mass is 32.2. The van der Waals surface area contributed by atoms with Crippen LogP contribution in [0.25, 0.3) is 0 Å². The number of hydrogen-bond donors (Lipinski definition) is 1. The quantitative estimate of drug-likeness (QED) is 0.400. The van der Waals surface area contributed by atoms with E-state index in [0.717, 1.165) is 32.1 Å². The predicted octanol–water partition coefficient (Wildman–Crippen LogP) is 7.35. The standard InChI is InChI=1S/C15H18F4S.C7H6O2/c1-2-9-3-5-10(6-4-9)11-7-8-12(20-15(18)19)14(17)13(11)16;8-7(9)6-4-2-1-3-5-6/h7-10,15H,2-6H2,1H3;1-5H,(H,8,9)/t9-,10-;. The molecule has 0 spiro atoms. The third-order valence-corrected chi connectivity index (χ3v) is 5.92. The highest BCUT2D eigenvalue weighted by Crippen LogP contribution is 2.40. The number of carboxylic acid groups (broad SMARTS) is 1. The first-order valence-electron chi connectivity index (χ1n) is 9.54. The minimum atomic E-state index is -2.74. The van der Waals surface area contributed by atoms with Gasteiger partial charge in [0.05, 0.1) is 10.5 Å². The fourth-order valence-corrected chi connectivity index (χ4v) is 4.04. The molecule has 2 aromatic carbocycles. The predicted molar refractivity (Wildman–Crippen MR) is 107 cm³/mol. The van der Waals surface area contributed by atoms with Crippen LogP contribution in [0.5, 0.6) is 0 Å². The normalized spacial score (nSPS) is 18.8. The molecular weight excluding hydrogens is 404 g/mol. The summed E-state index contributed by atoms with van der Waals surface area (Å²) >= 11 is 0.0503. The van der Waals surface area contributed by atoms with E-state index in [1.165, 1.54) is 12.1 Å². The lowest BCUT2D eigenvalue weighted by atomic mass is 9.77. The second kappa shape index (κ2) is 11.2. The van der Waals surface area contributed by atoms with Crippen molar-refractivity contribution in [1.82, 2.24) is 0 Å². The van der Waals surface area contributed by atoms with Crippen LogP contribution in [0.3, 0.4) is 0 Å². The third-order valence-electron chi connectivity index (χ3n) is 5.18. The molecule has 0 amide bonds. The van der Waals surface area contributed by atoms with Crippen molar-refractivity contribution in [3.8, 4) is 0 Å². The zero-order chi connectivity index (χ0) is 21.4. The van der Waals surface area contributed by atoms with Crippen LogP contribution >= 0.6 is 11.8 Å². The van der Waals surface area contributed by atoms with Crippen LogP contribution in [0.4, 0.5) is 17.6 Å². The van der Waals surface area contributed by atoms with Crippen molar-refractivity contribution < 1.29 is 27.5 Å². The molecule has 0 radical (unpaired) electrons. The molecule has 0 bridgehead atoms. The average molecular weight is 428 g/mol. The molecule has 2 aromatic rings. The minimum absolute atomic E-state index is 0.0119. The maximum absolute atomic E-state index is 14.0. The molecule has 29 heavy (non-hydrogen) atoms. The van der Waals surface area contributed by atoms with Gasteiger partial charge in [-0.25, -0.2) is 13.6 Å². The first-order valence-corrected chi connectivity index (χ1v) is 10.4. The fourth-order valence-electron chi connectivity index (χ4n) is 3.51. The Balaban J connectivity index is 0.000000278. The molecule has 2 nitrogen and oxygen atoms in total. The van der Waals surface area contributed by atoms with Gasteiger partial charge in [0, 0.05) is 0 Å². The monoisotopic (exact) mass is 428 g/mol.